The molecule has 11 nitrogen and oxygen atoms in total. The van der Waals surface area contributed by atoms with E-state index in [1.807, 2.05) is 48.5 Å². The van der Waals surface area contributed by atoms with Gasteiger partial charge in [-0.05, 0) is 65.2 Å². The zero-order valence-electron chi connectivity index (χ0n) is 22.5. The van der Waals surface area contributed by atoms with Gasteiger partial charge in [-0.25, -0.2) is 0 Å². The zero-order valence-corrected chi connectivity index (χ0v) is 22.5. The molecule has 0 aliphatic heterocycles. The predicted octanol–water partition coefficient (Wildman–Crippen LogP) is 3.66. The molecular weight excluding hydrogens is 526 g/mol. The number of aldehydes is 1. The third-order valence-corrected chi connectivity index (χ3v) is 5.60. The summed E-state index contributed by atoms with van der Waals surface area (Å²) in [6, 6.07) is 21.0. The molecule has 4 rings (SSSR count). The Kier molecular flexibility index (Phi) is 11.5. The molecule has 3 N–H and O–H groups in total. The second-order valence-corrected chi connectivity index (χ2v) is 8.37. The van der Waals surface area contributed by atoms with Gasteiger partial charge in [0.05, 0.1) is 20.4 Å². The van der Waals surface area contributed by atoms with Crippen LogP contribution in [0.3, 0.4) is 0 Å². The van der Waals surface area contributed by atoms with Crippen LogP contribution >= 0.6 is 0 Å². The van der Waals surface area contributed by atoms with Gasteiger partial charge in [0.25, 0.3) is 11.8 Å². The lowest BCUT2D eigenvalue weighted by molar-refractivity contribution is 0.0938. The number of carbonyl (C=O) groups excluding carboxylic acids is 3. The summed E-state index contributed by atoms with van der Waals surface area (Å²) >= 11 is 0. The maximum absolute atomic E-state index is 12.0. The van der Waals surface area contributed by atoms with Crippen LogP contribution in [0.2, 0.25) is 0 Å². The topological polar surface area (TPSA) is 152 Å². The summed E-state index contributed by atoms with van der Waals surface area (Å²) in [6.45, 7) is 0.776. The van der Waals surface area contributed by atoms with Crippen molar-refractivity contribution in [2.24, 2.45) is 5.16 Å². The molecule has 0 saturated heterocycles. The minimum atomic E-state index is -0.315. The lowest BCUT2D eigenvalue weighted by Gasteiger charge is -2.06. The van der Waals surface area contributed by atoms with Crippen LogP contribution < -0.4 is 20.1 Å². The predicted molar refractivity (Wildman–Crippen MR) is 152 cm³/mol. The van der Waals surface area contributed by atoms with E-state index in [9.17, 15) is 14.4 Å². The van der Waals surface area contributed by atoms with Crippen molar-refractivity contribution in [3.63, 3.8) is 0 Å². The monoisotopic (exact) mass is 555 g/mol. The number of oxime groups is 1. The van der Waals surface area contributed by atoms with Crippen molar-refractivity contribution >= 4 is 24.3 Å². The molecule has 2 aromatic heterocycles. The molecule has 11 heteroatoms. The van der Waals surface area contributed by atoms with Gasteiger partial charge in [0.2, 0.25) is 0 Å². The standard InChI is InChI=1S/C15H15N3O3.C15H14N2O3/c1-21-13-4-2-11(3-5-13)9-17-15(19)14-8-12(10-18-20)6-7-16-14;1-20-13-4-2-11(3-5-13)9-17-15(19)14-8-12(10-18)6-7-16-14/h2-8,10,20H,9H2,1H3,(H,17,19);2-8,10H,9H2,1H3,(H,17,19)/b18-10+;. The van der Waals surface area contributed by atoms with Gasteiger partial charge < -0.3 is 25.3 Å². The molecule has 2 aromatic carbocycles. The number of rotatable bonds is 10. The fourth-order valence-electron chi connectivity index (χ4n) is 3.39. The molecule has 0 atom stereocenters. The maximum Gasteiger partial charge on any atom is 0.270 e. The van der Waals surface area contributed by atoms with Crippen molar-refractivity contribution < 1.29 is 29.1 Å². The third-order valence-electron chi connectivity index (χ3n) is 5.60. The van der Waals surface area contributed by atoms with Crippen LogP contribution in [-0.2, 0) is 13.1 Å². The smallest absolute Gasteiger partial charge is 0.270 e. The molecule has 210 valence electrons. The second-order valence-electron chi connectivity index (χ2n) is 8.37. The van der Waals surface area contributed by atoms with Gasteiger partial charge in [0, 0.05) is 31.0 Å². The highest BCUT2D eigenvalue weighted by Gasteiger charge is 2.08. The molecule has 0 unspecified atom stereocenters. The molecule has 0 aliphatic rings. The summed E-state index contributed by atoms with van der Waals surface area (Å²) in [5.74, 6) is 0.923. The number of amides is 2. The van der Waals surface area contributed by atoms with Crippen LogP contribution in [0, 0.1) is 0 Å². The van der Waals surface area contributed by atoms with E-state index in [1.165, 1.54) is 24.7 Å². The first-order valence-electron chi connectivity index (χ1n) is 12.3. The van der Waals surface area contributed by atoms with Crippen LogP contribution in [0.25, 0.3) is 0 Å². The van der Waals surface area contributed by atoms with E-state index in [0.717, 1.165) is 22.6 Å². The highest BCUT2D eigenvalue weighted by molar-refractivity contribution is 5.94. The average Bonchev–Trinajstić information content (AvgIpc) is 3.03. The van der Waals surface area contributed by atoms with Gasteiger partial charge in [-0.15, -0.1) is 0 Å². The fourth-order valence-corrected chi connectivity index (χ4v) is 3.39. The zero-order chi connectivity index (χ0) is 29.5. The SMILES string of the molecule is COc1ccc(CNC(=O)c2cc(/C=N/O)ccn2)cc1.COc1ccc(CNC(=O)c2cc(C=O)ccn2)cc1. The Morgan fingerprint density at radius 2 is 1.20 bits per heavy atom. The minimum Gasteiger partial charge on any atom is -0.497 e. The lowest BCUT2D eigenvalue weighted by atomic mass is 10.2. The van der Waals surface area contributed by atoms with Gasteiger partial charge in [0.1, 0.15) is 29.2 Å². The molecule has 0 radical (unpaired) electrons. The lowest BCUT2D eigenvalue weighted by Crippen LogP contribution is -2.23. The molecule has 0 saturated carbocycles. The third kappa shape index (κ3) is 9.59. The Bertz CT molecular complexity index is 1470. The average molecular weight is 556 g/mol. The van der Waals surface area contributed by atoms with Crippen molar-refractivity contribution in [1.29, 1.82) is 0 Å². The number of carbonyl (C=O) groups is 3. The van der Waals surface area contributed by atoms with Gasteiger partial charge in [-0.1, -0.05) is 29.4 Å². The van der Waals surface area contributed by atoms with Gasteiger partial charge >= 0.3 is 0 Å². The van der Waals surface area contributed by atoms with Crippen molar-refractivity contribution in [2.75, 3.05) is 14.2 Å². The number of hydrogen-bond acceptors (Lipinski definition) is 9. The summed E-state index contributed by atoms with van der Waals surface area (Å²) in [6.07, 6.45) is 4.84. The number of ether oxygens (including phenoxy) is 2. The van der Waals surface area contributed by atoms with E-state index >= 15 is 0 Å². The van der Waals surface area contributed by atoms with Gasteiger partial charge in [-0.3, -0.25) is 24.4 Å². The van der Waals surface area contributed by atoms with Crippen molar-refractivity contribution in [1.82, 2.24) is 20.6 Å². The maximum atomic E-state index is 12.0. The highest BCUT2D eigenvalue weighted by atomic mass is 16.5. The van der Waals surface area contributed by atoms with E-state index in [1.54, 1.807) is 32.4 Å². The Hall–Kier alpha value is -5.58. The molecule has 2 amide bonds. The number of methoxy groups -OCH3 is 2. The number of aromatic nitrogens is 2. The van der Waals surface area contributed by atoms with Gasteiger partial charge in [-0.2, -0.15) is 0 Å². The summed E-state index contributed by atoms with van der Waals surface area (Å²) in [5.41, 5.74) is 3.42. The molecule has 41 heavy (non-hydrogen) atoms. The van der Waals surface area contributed by atoms with Crippen molar-refractivity contribution in [3.8, 4) is 11.5 Å². The fraction of sp³-hybridized carbons (Fsp3) is 0.133. The summed E-state index contributed by atoms with van der Waals surface area (Å²) in [5, 5.41) is 16.9. The first kappa shape index (κ1) is 30.0. The number of hydrogen-bond donors (Lipinski definition) is 3. The van der Waals surface area contributed by atoms with Crippen LogP contribution in [0.15, 0.2) is 90.3 Å². The van der Waals surface area contributed by atoms with E-state index in [0.29, 0.717) is 30.5 Å². The first-order valence-corrected chi connectivity index (χ1v) is 12.3. The molecule has 2 heterocycles. The Morgan fingerprint density at radius 3 is 1.61 bits per heavy atom. The largest absolute Gasteiger partial charge is 0.497 e. The number of benzene rings is 2. The number of nitrogens with zero attached hydrogens (tertiary/aromatic N) is 3. The van der Waals surface area contributed by atoms with Crippen LogP contribution in [-0.4, -0.2) is 53.7 Å². The summed E-state index contributed by atoms with van der Waals surface area (Å²) in [4.78, 5) is 42.5. The molecule has 0 spiro atoms. The first-order chi connectivity index (χ1) is 19.9. The highest BCUT2D eigenvalue weighted by Crippen LogP contribution is 2.12. The van der Waals surface area contributed by atoms with Crippen LogP contribution in [0.4, 0.5) is 0 Å². The van der Waals surface area contributed by atoms with Gasteiger partial charge in [0.15, 0.2) is 0 Å². The normalized spacial score (nSPS) is 10.2. The van der Waals surface area contributed by atoms with E-state index < -0.39 is 0 Å². The van der Waals surface area contributed by atoms with Crippen molar-refractivity contribution in [2.45, 2.75) is 13.1 Å². The Balaban J connectivity index is 0.000000226. The molecule has 0 aliphatic carbocycles. The van der Waals surface area contributed by atoms with E-state index in [-0.39, 0.29) is 23.2 Å². The molecule has 4 aromatic rings. The van der Waals surface area contributed by atoms with Crippen molar-refractivity contribution in [3.05, 3.63) is 119 Å². The number of pyridine rings is 2. The number of nitrogens with one attached hydrogen (secondary N) is 2. The quantitative estimate of drug-likeness (QED) is 0.116. The van der Waals surface area contributed by atoms with E-state index in [4.69, 9.17) is 14.7 Å². The summed E-state index contributed by atoms with van der Waals surface area (Å²) < 4.78 is 10.1. The Morgan fingerprint density at radius 1 is 0.756 bits per heavy atom. The minimum absolute atomic E-state index is 0.225. The van der Waals surface area contributed by atoms with E-state index in [2.05, 4.69) is 25.8 Å². The van der Waals surface area contributed by atoms with Crippen LogP contribution in [0.1, 0.15) is 48.0 Å². The van der Waals surface area contributed by atoms with Crippen LogP contribution in [0.5, 0.6) is 11.5 Å². The summed E-state index contributed by atoms with van der Waals surface area (Å²) in [7, 11) is 3.20. The Labute approximate surface area is 236 Å². The second kappa shape index (κ2) is 15.7. The molecular formula is C30H29N5O6. The molecule has 0 fully saturated rings. The molecule has 0 bridgehead atoms.